The van der Waals surface area contributed by atoms with Crippen LogP contribution in [0.3, 0.4) is 0 Å². The van der Waals surface area contributed by atoms with Crippen molar-refractivity contribution in [1.82, 2.24) is 5.32 Å². The van der Waals surface area contributed by atoms with Gasteiger partial charge in [0.2, 0.25) is 0 Å². The summed E-state index contributed by atoms with van der Waals surface area (Å²) in [7, 11) is 1.83. The van der Waals surface area contributed by atoms with Gasteiger partial charge < -0.3 is 10.1 Å². The minimum Gasteiger partial charge on any atom is -0.377 e. The van der Waals surface area contributed by atoms with Gasteiger partial charge in [0.25, 0.3) is 0 Å². The average Bonchev–Trinajstić information content (AvgIpc) is 2.77. The summed E-state index contributed by atoms with van der Waals surface area (Å²) < 4.78 is 5.66. The number of aryl methyl sites for hydroxylation is 1. The fourth-order valence-electron chi connectivity index (χ4n) is 2.23. The summed E-state index contributed by atoms with van der Waals surface area (Å²) in [6.07, 6.45) is 3.35. The van der Waals surface area contributed by atoms with Crippen LogP contribution in [0.2, 0.25) is 0 Å². The zero-order valence-corrected chi connectivity index (χ0v) is 9.33. The SMILES string of the molecule is COC1(CCc2ccccc2)CCNC1. The van der Waals surface area contributed by atoms with Crippen molar-refractivity contribution in [3.8, 4) is 0 Å². The van der Waals surface area contributed by atoms with E-state index in [9.17, 15) is 0 Å². The zero-order valence-electron chi connectivity index (χ0n) is 9.33. The highest BCUT2D eigenvalue weighted by Crippen LogP contribution is 2.24. The molecule has 0 saturated carbocycles. The van der Waals surface area contributed by atoms with E-state index < -0.39 is 0 Å². The van der Waals surface area contributed by atoms with Crippen LogP contribution in [0.15, 0.2) is 30.3 Å². The van der Waals surface area contributed by atoms with Crippen LogP contribution in [0.5, 0.6) is 0 Å². The lowest BCUT2D eigenvalue weighted by atomic mass is 9.94. The van der Waals surface area contributed by atoms with E-state index in [2.05, 4.69) is 35.6 Å². The molecule has 1 aromatic carbocycles. The summed E-state index contributed by atoms with van der Waals surface area (Å²) in [5.41, 5.74) is 1.48. The van der Waals surface area contributed by atoms with Gasteiger partial charge in [0.15, 0.2) is 0 Å². The summed E-state index contributed by atoms with van der Waals surface area (Å²) in [5.74, 6) is 0. The molecule has 1 heterocycles. The average molecular weight is 205 g/mol. The molecule has 0 bridgehead atoms. The highest BCUT2D eigenvalue weighted by Gasteiger charge is 2.32. The normalized spacial score (nSPS) is 25.7. The quantitative estimate of drug-likeness (QED) is 0.811. The molecule has 1 aliphatic heterocycles. The Morgan fingerprint density at radius 1 is 1.33 bits per heavy atom. The molecular weight excluding hydrogens is 186 g/mol. The lowest BCUT2D eigenvalue weighted by Gasteiger charge is -2.26. The predicted octanol–water partition coefficient (Wildman–Crippen LogP) is 2.00. The second-order valence-electron chi connectivity index (χ2n) is 4.30. The van der Waals surface area contributed by atoms with Crippen LogP contribution in [0.25, 0.3) is 0 Å². The summed E-state index contributed by atoms with van der Waals surface area (Å²) in [6, 6.07) is 10.6. The van der Waals surface area contributed by atoms with Gasteiger partial charge in [-0.05, 0) is 31.4 Å². The number of hydrogen-bond donors (Lipinski definition) is 1. The molecule has 0 spiro atoms. The van der Waals surface area contributed by atoms with Crippen molar-refractivity contribution in [2.24, 2.45) is 0 Å². The van der Waals surface area contributed by atoms with Gasteiger partial charge in [-0.2, -0.15) is 0 Å². The van der Waals surface area contributed by atoms with Gasteiger partial charge in [0.05, 0.1) is 5.60 Å². The Kier molecular flexibility index (Phi) is 3.39. The standard InChI is InChI=1S/C13H19NO/c1-15-13(9-10-14-11-13)8-7-12-5-3-2-4-6-12/h2-6,14H,7-11H2,1H3. The van der Waals surface area contributed by atoms with E-state index in [0.717, 1.165) is 32.4 Å². The van der Waals surface area contributed by atoms with Crippen LogP contribution < -0.4 is 5.32 Å². The smallest absolute Gasteiger partial charge is 0.0817 e. The largest absolute Gasteiger partial charge is 0.377 e. The maximum atomic E-state index is 5.66. The molecule has 1 fully saturated rings. The minimum absolute atomic E-state index is 0.0792. The minimum atomic E-state index is 0.0792. The van der Waals surface area contributed by atoms with Gasteiger partial charge in [-0.15, -0.1) is 0 Å². The Hall–Kier alpha value is -0.860. The first-order valence-corrected chi connectivity index (χ1v) is 5.64. The highest BCUT2D eigenvalue weighted by atomic mass is 16.5. The maximum absolute atomic E-state index is 5.66. The van der Waals surface area contributed by atoms with Crippen molar-refractivity contribution in [3.05, 3.63) is 35.9 Å². The molecule has 2 heteroatoms. The van der Waals surface area contributed by atoms with Crippen LogP contribution in [0, 0.1) is 0 Å². The van der Waals surface area contributed by atoms with Crippen molar-refractivity contribution in [3.63, 3.8) is 0 Å². The molecule has 0 aromatic heterocycles. The number of ether oxygens (including phenoxy) is 1. The van der Waals surface area contributed by atoms with Crippen molar-refractivity contribution < 1.29 is 4.74 Å². The third-order valence-corrected chi connectivity index (χ3v) is 3.35. The Balaban J connectivity index is 1.92. The molecule has 1 N–H and O–H groups in total. The van der Waals surface area contributed by atoms with Crippen molar-refractivity contribution >= 4 is 0 Å². The first kappa shape index (κ1) is 10.7. The predicted molar refractivity (Wildman–Crippen MR) is 62.0 cm³/mol. The molecule has 0 radical (unpaired) electrons. The molecule has 1 unspecified atom stereocenters. The topological polar surface area (TPSA) is 21.3 Å². The summed E-state index contributed by atoms with van der Waals surface area (Å²) in [6.45, 7) is 2.08. The Morgan fingerprint density at radius 2 is 2.13 bits per heavy atom. The summed E-state index contributed by atoms with van der Waals surface area (Å²) in [5, 5.41) is 3.38. The lowest BCUT2D eigenvalue weighted by molar-refractivity contribution is 0.000503. The molecule has 0 aliphatic carbocycles. The van der Waals surface area contributed by atoms with Gasteiger partial charge in [0.1, 0.15) is 0 Å². The molecular formula is C13H19NO. The summed E-state index contributed by atoms with van der Waals surface area (Å²) >= 11 is 0. The van der Waals surface area contributed by atoms with E-state index in [4.69, 9.17) is 4.74 Å². The third kappa shape index (κ3) is 2.58. The van der Waals surface area contributed by atoms with Crippen LogP contribution in [-0.2, 0) is 11.2 Å². The molecule has 1 aliphatic rings. The van der Waals surface area contributed by atoms with Crippen LogP contribution >= 0.6 is 0 Å². The fourth-order valence-corrected chi connectivity index (χ4v) is 2.23. The zero-order chi connectivity index (χ0) is 10.6. The van der Waals surface area contributed by atoms with Gasteiger partial charge in [-0.1, -0.05) is 30.3 Å². The number of benzene rings is 1. The third-order valence-electron chi connectivity index (χ3n) is 3.35. The monoisotopic (exact) mass is 205 g/mol. The van der Waals surface area contributed by atoms with Crippen molar-refractivity contribution in [1.29, 1.82) is 0 Å². The van der Waals surface area contributed by atoms with Crippen molar-refractivity contribution in [2.45, 2.75) is 24.9 Å². The van der Waals surface area contributed by atoms with E-state index in [1.54, 1.807) is 0 Å². The van der Waals surface area contributed by atoms with Crippen LogP contribution in [0.4, 0.5) is 0 Å². The maximum Gasteiger partial charge on any atom is 0.0817 e. The highest BCUT2D eigenvalue weighted by molar-refractivity contribution is 5.15. The van der Waals surface area contributed by atoms with Crippen LogP contribution in [-0.4, -0.2) is 25.8 Å². The molecule has 1 aromatic rings. The first-order valence-electron chi connectivity index (χ1n) is 5.64. The molecule has 2 rings (SSSR count). The number of rotatable bonds is 4. The van der Waals surface area contributed by atoms with E-state index in [1.807, 2.05) is 7.11 Å². The Labute approximate surface area is 91.6 Å². The fraction of sp³-hybridized carbons (Fsp3) is 0.538. The molecule has 1 saturated heterocycles. The van der Waals surface area contributed by atoms with Gasteiger partial charge in [-0.25, -0.2) is 0 Å². The molecule has 2 nitrogen and oxygen atoms in total. The second kappa shape index (κ2) is 4.77. The molecule has 0 amide bonds. The Bertz CT molecular complexity index is 291. The van der Waals surface area contributed by atoms with Gasteiger partial charge in [-0.3, -0.25) is 0 Å². The van der Waals surface area contributed by atoms with Gasteiger partial charge in [0, 0.05) is 13.7 Å². The van der Waals surface area contributed by atoms with E-state index >= 15 is 0 Å². The molecule has 82 valence electrons. The first-order chi connectivity index (χ1) is 7.35. The second-order valence-corrected chi connectivity index (χ2v) is 4.30. The molecule has 1 atom stereocenters. The van der Waals surface area contributed by atoms with E-state index in [0.29, 0.717) is 0 Å². The number of hydrogen-bond acceptors (Lipinski definition) is 2. The van der Waals surface area contributed by atoms with Crippen molar-refractivity contribution in [2.75, 3.05) is 20.2 Å². The number of nitrogens with one attached hydrogen (secondary N) is 1. The van der Waals surface area contributed by atoms with E-state index in [-0.39, 0.29) is 5.60 Å². The summed E-state index contributed by atoms with van der Waals surface area (Å²) in [4.78, 5) is 0. The number of methoxy groups -OCH3 is 1. The Morgan fingerprint density at radius 3 is 2.73 bits per heavy atom. The lowest BCUT2D eigenvalue weighted by Crippen LogP contribution is -2.34. The molecule has 15 heavy (non-hydrogen) atoms. The van der Waals surface area contributed by atoms with Gasteiger partial charge >= 0.3 is 0 Å². The van der Waals surface area contributed by atoms with E-state index in [1.165, 1.54) is 5.56 Å². The van der Waals surface area contributed by atoms with Crippen LogP contribution in [0.1, 0.15) is 18.4 Å².